The molecule has 168 valence electrons. The fraction of sp³-hybridized carbons (Fsp3) is 0.682. The van der Waals surface area contributed by atoms with Gasteiger partial charge in [0.2, 0.25) is 0 Å². The quantitative estimate of drug-likeness (QED) is 0.424. The molecule has 0 spiro atoms. The highest BCUT2D eigenvalue weighted by Crippen LogP contribution is 2.27. The number of nitrogens with zero attached hydrogens (tertiary/aromatic N) is 4. The van der Waals surface area contributed by atoms with Crippen LogP contribution < -0.4 is 4.90 Å². The van der Waals surface area contributed by atoms with Crippen LogP contribution in [0.5, 0.6) is 0 Å². The standard InChI is InChI=1S/C22H35ClN4O3/c1-5-6-16-30-22(29)26(4)13-7-8-17-11-14-27(15-12-17)19-10-9-18(20(23)24-19)21(28)25(2)3/h9-10,17H,5-8,11-16H2,1-4H3. The SMILES string of the molecule is CCCCOC(=O)N(C)CCCC1CCN(c2ccc(C(=O)N(C)C)c(Cl)n2)CC1. The summed E-state index contributed by atoms with van der Waals surface area (Å²) in [6.45, 7) is 5.15. The molecule has 30 heavy (non-hydrogen) atoms. The van der Waals surface area contributed by atoms with E-state index in [4.69, 9.17) is 16.3 Å². The van der Waals surface area contributed by atoms with Crippen LogP contribution in [0.3, 0.4) is 0 Å². The first-order chi connectivity index (χ1) is 14.3. The predicted molar refractivity (Wildman–Crippen MR) is 120 cm³/mol. The average Bonchev–Trinajstić information content (AvgIpc) is 2.73. The molecule has 8 heteroatoms. The van der Waals surface area contributed by atoms with E-state index >= 15 is 0 Å². The van der Waals surface area contributed by atoms with Crippen molar-refractivity contribution in [2.45, 2.75) is 45.4 Å². The number of halogens is 1. The van der Waals surface area contributed by atoms with Gasteiger partial charge in [-0.1, -0.05) is 24.9 Å². The third-order valence-electron chi connectivity index (χ3n) is 5.55. The maximum Gasteiger partial charge on any atom is 0.409 e. The van der Waals surface area contributed by atoms with Gasteiger partial charge in [0.05, 0.1) is 12.2 Å². The van der Waals surface area contributed by atoms with Gasteiger partial charge in [-0.3, -0.25) is 4.79 Å². The lowest BCUT2D eigenvalue weighted by Crippen LogP contribution is -2.35. The number of amides is 2. The van der Waals surface area contributed by atoms with E-state index in [1.165, 1.54) is 4.90 Å². The zero-order valence-corrected chi connectivity index (χ0v) is 19.5. The van der Waals surface area contributed by atoms with Gasteiger partial charge in [-0.25, -0.2) is 9.78 Å². The Morgan fingerprint density at radius 3 is 2.50 bits per heavy atom. The van der Waals surface area contributed by atoms with Crippen LogP contribution >= 0.6 is 11.6 Å². The molecule has 2 heterocycles. The minimum Gasteiger partial charge on any atom is -0.449 e. The van der Waals surface area contributed by atoms with Gasteiger partial charge in [0, 0.05) is 40.8 Å². The Morgan fingerprint density at radius 2 is 1.90 bits per heavy atom. The van der Waals surface area contributed by atoms with Crippen molar-refractivity contribution in [1.82, 2.24) is 14.8 Å². The van der Waals surface area contributed by atoms with Crippen molar-refractivity contribution in [3.8, 4) is 0 Å². The second-order valence-electron chi connectivity index (χ2n) is 8.17. The van der Waals surface area contributed by atoms with E-state index in [-0.39, 0.29) is 17.2 Å². The molecule has 0 saturated carbocycles. The smallest absolute Gasteiger partial charge is 0.409 e. The molecular formula is C22H35ClN4O3. The van der Waals surface area contributed by atoms with Crippen molar-refractivity contribution in [2.75, 3.05) is 52.3 Å². The highest BCUT2D eigenvalue weighted by molar-refractivity contribution is 6.32. The lowest BCUT2D eigenvalue weighted by atomic mass is 9.92. The van der Waals surface area contributed by atoms with Gasteiger partial charge in [0.15, 0.2) is 0 Å². The molecule has 0 bridgehead atoms. The van der Waals surface area contributed by atoms with E-state index in [1.807, 2.05) is 6.07 Å². The summed E-state index contributed by atoms with van der Waals surface area (Å²) >= 11 is 6.25. The summed E-state index contributed by atoms with van der Waals surface area (Å²) in [5.74, 6) is 1.33. The summed E-state index contributed by atoms with van der Waals surface area (Å²) in [6.07, 6.45) is 5.96. The molecule has 2 rings (SSSR count). The van der Waals surface area contributed by atoms with Crippen LogP contribution in [0.25, 0.3) is 0 Å². The Kier molecular flexibility index (Phi) is 9.69. The summed E-state index contributed by atoms with van der Waals surface area (Å²) in [6, 6.07) is 3.64. The van der Waals surface area contributed by atoms with Gasteiger partial charge < -0.3 is 19.4 Å². The summed E-state index contributed by atoms with van der Waals surface area (Å²) in [5, 5.41) is 0.252. The van der Waals surface area contributed by atoms with E-state index in [0.717, 1.165) is 64.0 Å². The maximum absolute atomic E-state index is 12.1. The van der Waals surface area contributed by atoms with E-state index < -0.39 is 0 Å². The second kappa shape index (κ2) is 12.0. The zero-order chi connectivity index (χ0) is 22.1. The number of aromatic nitrogens is 1. The summed E-state index contributed by atoms with van der Waals surface area (Å²) in [7, 11) is 5.20. The molecule has 7 nitrogen and oxygen atoms in total. The van der Waals surface area contributed by atoms with Crippen LogP contribution in [0.4, 0.5) is 10.6 Å². The zero-order valence-electron chi connectivity index (χ0n) is 18.7. The molecule has 1 saturated heterocycles. The highest BCUT2D eigenvalue weighted by atomic mass is 35.5. The molecule has 0 aromatic carbocycles. The molecule has 1 aromatic heterocycles. The summed E-state index contributed by atoms with van der Waals surface area (Å²) in [5.41, 5.74) is 0.428. The number of carbonyl (C=O) groups excluding carboxylic acids is 2. The van der Waals surface area contributed by atoms with Crippen LogP contribution in [0.2, 0.25) is 5.15 Å². The van der Waals surface area contributed by atoms with Gasteiger partial charge in [0.25, 0.3) is 5.91 Å². The van der Waals surface area contributed by atoms with Crippen LogP contribution in [0.15, 0.2) is 12.1 Å². The molecule has 2 amide bonds. The maximum atomic E-state index is 12.1. The summed E-state index contributed by atoms with van der Waals surface area (Å²) < 4.78 is 5.23. The molecule has 1 aromatic rings. The molecule has 0 unspecified atom stereocenters. The van der Waals surface area contributed by atoms with Gasteiger partial charge in [0.1, 0.15) is 11.0 Å². The average molecular weight is 439 g/mol. The number of piperidine rings is 1. The van der Waals surface area contributed by atoms with E-state index in [9.17, 15) is 9.59 Å². The molecule has 0 atom stereocenters. The first kappa shape index (κ1) is 24.3. The largest absolute Gasteiger partial charge is 0.449 e. The second-order valence-corrected chi connectivity index (χ2v) is 8.53. The van der Waals surface area contributed by atoms with Crippen molar-refractivity contribution < 1.29 is 14.3 Å². The highest BCUT2D eigenvalue weighted by Gasteiger charge is 2.22. The van der Waals surface area contributed by atoms with Crippen molar-refractivity contribution in [2.24, 2.45) is 5.92 Å². The number of hydrogen-bond acceptors (Lipinski definition) is 5. The number of anilines is 1. The number of ether oxygens (including phenoxy) is 1. The first-order valence-electron chi connectivity index (χ1n) is 10.8. The molecule has 0 aliphatic carbocycles. The number of rotatable bonds is 9. The Morgan fingerprint density at radius 1 is 1.20 bits per heavy atom. The number of hydrogen-bond donors (Lipinski definition) is 0. The van der Waals surface area contributed by atoms with Crippen LogP contribution in [-0.4, -0.2) is 74.2 Å². The Hall–Kier alpha value is -2.02. The molecule has 1 aliphatic heterocycles. The van der Waals surface area contributed by atoms with Crippen molar-refractivity contribution in [3.05, 3.63) is 22.8 Å². The Bertz CT molecular complexity index is 706. The third kappa shape index (κ3) is 7.04. The lowest BCUT2D eigenvalue weighted by Gasteiger charge is -2.33. The van der Waals surface area contributed by atoms with E-state index in [1.54, 1.807) is 32.1 Å². The molecule has 1 aliphatic rings. The predicted octanol–water partition coefficient (Wildman–Crippen LogP) is 4.30. The van der Waals surface area contributed by atoms with Gasteiger partial charge in [-0.15, -0.1) is 0 Å². The van der Waals surface area contributed by atoms with Crippen molar-refractivity contribution >= 4 is 29.4 Å². The van der Waals surface area contributed by atoms with Gasteiger partial charge >= 0.3 is 6.09 Å². The number of carbonyl (C=O) groups is 2. The minimum absolute atomic E-state index is 0.142. The number of unbranched alkanes of at least 4 members (excludes halogenated alkanes) is 1. The van der Waals surface area contributed by atoms with Gasteiger partial charge in [-0.05, 0) is 50.2 Å². The fourth-order valence-corrected chi connectivity index (χ4v) is 3.80. The van der Waals surface area contributed by atoms with Crippen molar-refractivity contribution in [3.63, 3.8) is 0 Å². The Labute approximate surface area is 185 Å². The van der Waals surface area contributed by atoms with Gasteiger partial charge in [-0.2, -0.15) is 0 Å². The fourth-order valence-electron chi connectivity index (χ4n) is 3.57. The van der Waals surface area contributed by atoms with Crippen molar-refractivity contribution in [1.29, 1.82) is 0 Å². The molecular weight excluding hydrogens is 404 g/mol. The third-order valence-corrected chi connectivity index (χ3v) is 5.84. The van der Waals surface area contributed by atoms with Crippen LogP contribution in [-0.2, 0) is 4.74 Å². The molecule has 0 radical (unpaired) electrons. The molecule has 1 fully saturated rings. The normalized spacial score (nSPS) is 14.5. The van der Waals surface area contributed by atoms with Crippen LogP contribution in [0.1, 0.15) is 55.8 Å². The topological polar surface area (TPSA) is 66.0 Å². The lowest BCUT2D eigenvalue weighted by molar-refractivity contribution is 0.0827. The van der Waals surface area contributed by atoms with E-state index in [2.05, 4.69) is 16.8 Å². The first-order valence-corrected chi connectivity index (χ1v) is 11.2. The molecule has 0 N–H and O–H groups in total. The Balaban J connectivity index is 1.74. The number of pyridine rings is 1. The van der Waals surface area contributed by atoms with E-state index in [0.29, 0.717) is 18.1 Å². The summed E-state index contributed by atoms with van der Waals surface area (Å²) in [4.78, 5) is 33.8. The minimum atomic E-state index is -0.225. The monoisotopic (exact) mass is 438 g/mol. The van der Waals surface area contributed by atoms with Crippen LogP contribution in [0, 0.1) is 5.92 Å².